The summed E-state index contributed by atoms with van der Waals surface area (Å²) in [6, 6.07) is 18.6. The minimum atomic E-state index is -0.368. The number of carbonyl (C=O) groups is 1. The standard InChI is InChI=1S/C18H16N4O2/c1-13-10-17(21-20-13)18(23)22-19-12-14-6-5-9-16(11-14)24-15-7-3-2-4-8-15/h2-12H,1H3,(H,20,21)(H,22,23)/b19-12-. The maximum absolute atomic E-state index is 11.8. The molecule has 1 heterocycles. The van der Waals surface area contributed by atoms with Crippen molar-refractivity contribution in [1.82, 2.24) is 15.6 Å². The number of hydrogen-bond acceptors (Lipinski definition) is 4. The van der Waals surface area contributed by atoms with Crippen molar-refractivity contribution in [3.63, 3.8) is 0 Å². The molecule has 3 rings (SSSR count). The second-order valence-corrected chi connectivity index (χ2v) is 5.12. The molecular formula is C18H16N4O2. The van der Waals surface area contributed by atoms with E-state index in [1.54, 1.807) is 12.3 Å². The molecule has 2 N–H and O–H groups in total. The lowest BCUT2D eigenvalue weighted by molar-refractivity contribution is 0.0950. The van der Waals surface area contributed by atoms with Gasteiger partial charge in [0, 0.05) is 5.69 Å². The Morgan fingerprint density at radius 2 is 1.92 bits per heavy atom. The summed E-state index contributed by atoms with van der Waals surface area (Å²) >= 11 is 0. The van der Waals surface area contributed by atoms with Gasteiger partial charge < -0.3 is 4.74 Å². The van der Waals surface area contributed by atoms with Crippen LogP contribution in [-0.4, -0.2) is 22.3 Å². The Bertz CT molecular complexity index is 856. The number of benzene rings is 2. The highest BCUT2D eigenvalue weighted by atomic mass is 16.5. The second kappa shape index (κ2) is 7.23. The maximum Gasteiger partial charge on any atom is 0.291 e. The highest BCUT2D eigenvalue weighted by molar-refractivity contribution is 5.93. The predicted molar refractivity (Wildman–Crippen MR) is 91.3 cm³/mol. The largest absolute Gasteiger partial charge is 0.457 e. The third-order valence-corrected chi connectivity index (χ3v) is 3.16. The summed E-state index contributed by atoms with van der Waals surface area (Å²) in [5.41, 5.74) is 4.36. The number of rotatable bonds is 5. The van der Waals surface area contributed by atoms with Crippen molar-refractivity contribution in [3.8, 4) is 11.5 Å². The molecule has 0 spiro atoms. The lowest BCUT2D eigenvalue weighted by Crippen LogP contribution is -2.18. The van der Waals surface area contributed by atoms with E-state index in [4.69, 9.17) is 4.74 Å². The summed E-state index contributed by atoms with van der Waals surface area (Å²) in [5, 5.41) is 10.5. The number of hydrazone groups is 1. The lowest BCUT2D eigenvalue weighted by atomic mass is 10.2. The van der Waals surface area contributed by atoms with Crippen molar-refractivity contribution < 1.29 is 9.53 Å². The Hall–Kier alpha value is -3.41. The van der Waals surface area contributed by atoms with Gasteiger partial charge in [-0.25, -0.2) is 5.43 Å². The molecule has 120 valence electrons. The minimum Gasteiger partial charge on any atom is -0.457 e. The topological polar surface area (TPSA) is 79.4 Å². The van der Waals surface area contributed by atoms with Crippen LogP contribution in [0.2, 0.25) is 0 Å². The normalized spacial score (nSPS) is 10.7. The number of ether oxygens (including phenoxy) is 1. The highest BCUT2D eigenvalue weighted by Gasteiger charge is 2.07. The number of nitrogens with one attached hydrogen (secondary N) is 2. The lowest BCUT2D eigenvalue weighted by Gasteiger charge is -2.05. The highest BCUT2D eigenvalue weighted by Crippen LogP contribution is 2.21. The summed E-state index contributed by atoms with van der Waals surface area (Å²) in [6.45, 7) is 1.82. The number of aryl methyl sites for hydroxylation is 1. The number of hydrogen-bond donors (Lipinski definition) is 2. The molecule has 0 saturated heterocycles. The Balaban J connectivity index is 1.63. The van der Waals surface area contributed by atoms with Crippen LogP contribution in [0, 0.1) is 6.92 Å². The van der Waals surface area contributed by atoms with Gasteiger partial charge in [-0.3, -0.25) is 9.89 Å². The van der Waals surface area contributed by atoms with Crippen LogP contribution in [0.5, 0.6) is 11.5 Å². The van der Waals surface area contributed by atoms with E-state index < -0.39 is 0 Å². The smallest absolute Gasteiger partial charge is 0.291 e. The fourth-order valence-electron chi connectivity index (χ4n) is 2.04. The summed E-state index contributed by atoms with van der Waals surface area (Å²) in [5.74, 6) is 1.08. The summed E-state index contributed by atoms with van der Waals surface area (Å²) < 4.78 is 5.76. The van der Waals surface area contributed by atoms with Crippen LogP contribution in [0.25, 0.3) is 0 Å². The van der Waals surface area contributed by atoms with Crippen LogP contribution < -0.4 is 10.2 Å². The average Bonchev–Trinajstić information content (AvgIpc) is 3.03. The molecule has 1 amide bonds. The van der Waals surface area contributed by atoms with Gasteiger partial charge in [-0.05, 0) is 42.8 Å². The number of nitrogens with zero attached hydrogens (tertiary/aromatic N) is 2. The summed E-state index contributed by atoms with van der Waals surface area (Å²) in [4.78, 5) is 11.8. The quantitative estimate of drug-likeness (QED) is 0.559. The number of amides is 1. The van der Waals surface area contributed by atoms with Crippen molar-refractivity contribution in [1.29, 1.82) is 0 Å². The first-order chi connectivity index (χ1) is 11.7. The average molecular weight is 320 g/mol. The van der Waals surface area contributed by atoms with Crippen molar-refractivity contribution >= 4 is 12.1 Å². The van der Waals surface area contributed by atoms with Crippen LogP contribution >= 0.6 is 0 Å². The van der Waals surface area contributed by atoms with Gasteiger partial charge in [-0.15, -0.1) is 0 Å². The summed E-state index contributed by atoms with van der Waals surface area (Å²) in [7, 11) is 0. The molecule has 0 aliphatic heterocycles. The molecule has 0 fully saturated rings. The molecule has 0 bridgehead atoms. The SMILES string of the molecule is Cc1cc(C(=O)N/N=C\c2cccc(Oc3ccccc3)c2)n[nH]1. The van der Waals surface area contributed by atoms with Crippen molar-refractivity contribution in [2.75, 3.05) is 0 Å². The molecule has 3 aromatic rings. The van der Waals surface area contributed by atoms with Gasteiger partial charge in [-0.2, -0.15) is 10.2 Å². The predicted octanol–water partition coefficient (Wildman–Crippen LogP) is 3.27. The fraction of sp³-hybridized carbons (Fsp3) is 0.0556. The van der Waals surface area contributed by atoms with Gasteiger partial charge in [0.05, 0.1) is 6.21 Å². The van der Waals surface area contributed by atoms with Gasteiger partial charge >= 0.3 is 0 Å². The Morgan fingerprint density at radius 1 is 1.12 bits per heavy atom. The van der Waals surface area contributed by atoms with Crippen LogP contribution in [0.15, 0.2) is 65.8 Å². The van der Waals surface area contributed by atoms with Crippen LogP contribution in [-0.2, 0) is 0 Å². The van der Waals surface area contributed by atoms with E-state index in [1.165, 1.54) is 0 Å². The Kier molecular flexibility index (Phi) is 4.67. The molecule has 0 aliphatic rings. The van der Waals surface area contributed by atoms with Gasteiger partial charge in [0.2, 0.25) is 0 Å². The number of carbonyl (C=O) groups excluding carboxylic acids is 1. The number of aromatic nitrogens is 2. The molecule has 2 aromatic carbocycles. The zero-order valence-electron chi connectivity index (χ0n) is 13.1. The van der Waals surface area contributed by atoms with E-state index in [0.29, 0.717) is 11.4 Å². The van der Waals surface area contributed by atoms with Crippen LogP contribution in [0.1, 0.15) is 21.7 Å². The van der Waals surface area contributed by atoms with E-state index in [0.717, 1.165) is 17.0 Å². The molecule has 1 aromatic heterocycles. The molecule has 0 atom stereocenters. The summed E-state index contributed by atoms with van der Waals surface area (Å²) in [6.07, 6.45) is 1.55. The molecule has 0 radical (unpaired) electrons. The van der Waals surface area contributed by atoms with E-state index >= 15 is 0 Å². The molecule has 24 heavy (non-hydrogen) atoms. The van der Waals surface area contributed by atoms with E-state index in [1.807, 2.05) is 61.5 Å². The molecule has 6 heteroatoms. The zero-order chi connectivity index (χ0) is 16.8. The molecule has 6 nitrogen and oxygen atoms in total. The van der Waals surface area contributed by atoms with Crippen LogP contribution in [0.3, 0.4) is 0 Å². The second-order valence-electron chi connectivity index (χ2n) is 5.12. The zero-order valence-corrected chi connectivity index (χ0v) is 13.1. The number of para-hydroxylation sites is 1. The Morgan fingerprint density at radius 3 is 2.67 bits per heavy atom. The van der Waals surface area contributed by atoms with E-state index in [-0.39, 0.29) is 5.91 Å². The van der Waals surface area contributed by atoms with E-state index in [2.05, 4.69) is 20.7 Å². The molecule has 0 saturated carbocycles. The van der Waals surface area contributed by atoms with Crippen molar-refractivity contribution in [3.05, 3.63) is 77.6 Å². The van der Waals surface area contributed by atoms with Crippen molar-refractivity contribution in [2.45, 2.75) is 6.92 Å². The minimum absolute atomic E-state index is 0.297. The maximum atomic E-state index is 11.8. The molecule has 0 unspecified atom stereocenters. The van der Waals surface area contributed by atoms with Crippen LogP contribution in [0.4, 0.5) is 0 Å². The first-order valence-corrected chi connectivity index (χ1v) is 7.39. The molecular weight excluding hydrogens is 304 g/mol. The van der Waals surface area contributed by atoms with E-state index in [9.17, 15) is 4.79 Å². The van der Waals surface area contributed by atoms with Crippen molar-refractivity contribution in [2.24, 2.45) is 5.10 Å². The fourth-order valence-corrected chi connectivity index (χ4v) is 2.04. The number of aromatic amines is 1. The molecule has 0 aliphatic carbocycles. The first kappa shape index (κ1) is 15.5. The monoisotopic (exact) mass is 320 g/mol. The third kappa shape index (κ3) is 4.07. The first-order valence-electron chi connectivity index (χ1n) is 7.39. The third-order valence-electron chi connectivity index (χ3n) is 3.16. The van der Waals surface area contributed by atoms with Gasteiger partial charge in [-0.1, -0.05) is 30.3 Å². The van der Waals surface area contributed by atoms with Gasteiger partial charge in [0.1, 0.15) is 11.5 Å². The Labute approximate surface area is 139 Å². The van der Waals surface area contributed by atoms with Gasteiger partial charge in [0.25, 0.3) is 5.91 Å². The number of H-pyrrole nitrogens is 1. The van der Waals surface area contributed by atoms with Gasteiger partial charge in [0.15, 0.2) is 5.69 Å².